The lowest BCUT2D eigenvalue weighted by Crippen LogP contribution is -2.57. The molecule has 0 bridgehead atoms. The molecule has 1 aromatic carbocycles. The van der Waals surface area contributed by atoms with Gasteiger partial charge in [-0.05, 0) is 24.1 Å². The summed E-state index contributed by atoms with van der Waals surface area (Å²) < 4.78 is 0. The Balaban J connectivity index is 2.20. The molecule has 1 saturated heterocycles. The van der Waals surface area contributed by atoms with Gasteiger partial charge < -0.3 is 0 Å². The standard InChI is InChI=1S/C13H14Cl2N2O2/c1-2-11-13(19)17(12(18)6-16-11)7-8-3-4-9(14)5-10(8)15/h3-5,11,16H,2,6-7H2,1H3. The molecule has 1 atom stereocenters. The topological polar surface area (TPSA) is 49.4 Å². The number of hydrogen-bond donors (Lipinski definition) is 1. The zero-order chi connectivity index (χ0) is 14.0. The van der Waals surface area contributed by atoms with Gasteiger partial charge in [-0.15, -0.1) is 0 Å². The van der Waals surface area contributed by atoms with Crippen LogP contribution in [-0.4, -0.2) is 29.3 Å². The summed E-state index contributed by atoms with van der Waals surface area (Å²) in [4.78, 5) is 25.2. The second-order valence-corrected chi connectivity index (χ2v) is 5.24. The first-order valence-corrected chi connectivity index (χ1v) is 6.80. The van der Waals surface area contributed by atoms with E-state index in [0.717, 1.165) is 0 Å². The average Bonchev–Trinajstić information content (AvgIpc) is 2.37. The molecule has 0 aliphatic carbocycles. The van der Waals surface area contributed by atoms with Crippen LogP contribution in [0.15, 0.2) is 18.2 Å². The second kappa shape index (κ2) is 5.90. The van der Waals surface area contributed by atoms with Gasteiger partial charge in [0.05, 0.1) is 19.1 Å². The van der Waals surface area contributed by atoms with Gasteiger partial charge in [-0.1, -0.05) is 36.2 Å². The third kappa shape index (κ3) is 3.08. The van der Waals surface area contributed by atoms with Crippen molar-refractivity contribution >= 4 is 35.0 Å². The van der Waals surface area contributed by atoms with Gasteiger partial charge in [0.1, 0.15) is 0 Å². The van der Waals surface area contributed by atoms with E-state index in [-0.39, 0.29) is 30.9 Å². The summed E-state index contributed by atoms with van der Waals surface area (Å²) in [5.74, 6) is -0.439. The number of carbonyl (C=O) groups is 2. The Labute approximate surface area is 121 Å². The number of amides is 2. The van der Waals surface area contributed by atoms with Gasteiger partial charge in [0.25, 0.3) is 0 Å². The van der Waals surface area contributed by atoms with Crippen molar-refractivity contribution in [1.29, 1.82) is 0 Å². The highest BCUT2D eigenvalue weighted by Gasteiger charge is 2.32. The number of imide groups is 1. The van der Waals surface area contributed by atoms with Crippen molar-refractivity contribution in [2.24, 2.45) is 0 Å². The van der Waals surface area contributed by atoms with Crippen LogP contribution in [0, 0.1) is 0 Å². The fourth-order valence-electron chi connectivity index (χ4n) is 2.01. The van der Waals surface area contributed by atoms with Crippen LogP contribution < -0.4 is 5.32 Å². The molecule has 1 unspecified atom stereocenters. The number of rotatable bonds is 3. The number of hydrogen-bond acceptors (Lipinski definition) is 3. The summed E-state index contributed by atoms with van der Waals surface area (Å²) in [6, 6.07) is 4.72. The number of halogens is 2. The van der Waals surface area contributed by atoms with E-state index >= 15 is 0 Å². The van der Waals surface area contributed by atoms with E-state index in [2.05, 4.69) is 5.32 Å². The normalized spacial score (nSPS) is 19.9. The summed E-state index contributed by atoms with van der Waals surface area (Å²) in [6.45, 7) is 2.26. The molecular formula is C13H14Cl2N2O2. The van der Waals surface area contributed by atoms with E-state index < -0.39 is 0 Å². The van der Waals surface area contributed by atoms with E-state index in [4.69, 9.17) is 23.2 Å². The molecule has 1 aliphatic heterocycles. The minimum Gasteiger partial charge on any atom is -0.297 e. The number of nitrogens with zero attached hydrogens (tertiary/aromatic N) is 1. The molecule has 4 nitrogen and oxygen atoms in total. The maximum Gasteiger partial charge on any atom is 0.246 e. The highest BCUT2D eigenvalue weighted by atomic mass is 35.5. The highest BCUT2D eigenvalue weighted by molar-refractivity contribution is 6.35. The van der Waals surface area contributed by atoms with Crippen LogP contribution in [0.1, 0.15) is 18.9 Å². The van der Waals surface area contributed by atoms with E-state index in [1.54, 1.807) is 18.2 Å². The van der Waals surface area contributed by atoms with Crippen molar-refractivity contribution in [3.05, 3.63) is 33.8 Å². The fourth-order valence-corrected chi connectivity index (χ4v) is 2.48. The molecule has 2 rings (SSSR count). The largest absolute Gasteiger partial charge is 0.297 e. The zero-order valence-electron chi connectivity index (χ0n) is 10.5. The zero-order valence-corrected chi connectivity index (χ0v) is 12.0. The van der Waals surface area contributed by atoms with Crippen LogP contribution in [-0.2, 0) is 16.1 Å². The molecule has 2 amide bonds. The van der Waals surface area contributed by atoms with Crippen LogP contribution in [0.4, 0.5) is 0 Å². The Kier molecular flexibility index (Phi) is 4.45. The quantitative estimate of drug-likeness (QED) is 0.871. The monoisotopic (exact) mass is 300 g/mol. The SMILES string of the molecule is CCC1NCC(=O)N(Cc2ccc(Cl)cc2Cl)C1=O. The van der Waals surface area contributed by atoms with Gasteiger partial charge in [0.15, 0.2) is 0 Å². The van der Waals surface area contributed by atoms with E-state index in [0.29, 0.717) is 22.0 Å². The van der Waals surface area contributed by atoms with E-state index in [9.17, 15) is 9.59 Å². The molecule has 0 radical (unpaired) electrons. The second-order valence-electron chi connectivity index (χ2n) is 4.40. The number of benzene rings is 1. The molecule has 1 aliphatic rings. The van der Waals surface area contributed by atoms with Crippen LogP contribution in [0.3, 0.4) is 0 Å². The van der Waals surface area contributed by atoms with Crippen molar-refractivity contribution in [3.63, 3.8) is 0 Å². The van der Waals surface area contributed by atoms with Gasteiger partial charge in [-0.25, -0.2) is 0 Å². The van der Waals surface area contributed by atoms with Crippen molar-refractivity contribution < 1.29 is 9.59 Å². The molecule has 19 heavy (non-hydrogen) atoms. The van der Waals surface area contributed by atoms with Crippen molar-refractivity contribution in [3.8, 4) is 0 Å². The molecule has 6 heteroatoms. The van der Waals surface area contributed by atoms with Crippen LogP contribution in [0.25, 0.3) is 0 Å². The Morgan fingerprint density at radius 2 is 2.11 bits per heavy atom. The maximum absolute atomic E-state index is 12.1. The first-order chi connectivity index (χ1) is 9.02. The lowest BCUT2D eigenvalue weighted by Gasteiger charge is -2.31. The van der Waals surface area contributed by atoms with Crippen molar-refractivity contribution in [2.45, 2.75) is 25.9 Å². The summed E-state index contributed by atoms with van der Waals surface area (Å²) in [5.41, 5.74) is 0.713. The van der Waals surface area contributed by atoms with Crippen LogP contribution >= 0.6 is 23.2 Å². The van der Waals surface area contributed by atoms with Gasteiger partial charge in [-0.3, -0.25) is 19.8 Å². The number of piperazine rings is 1. The molecule has 1 heterocycles. The molecule has 1 fully saturated rings. The first-order valence-electron chi connectivity index (χ1n) is 6.04. The van der Waals surface area contributed by atoms with E-state index in [1.807, 2.05) is 6.92 Å². The smallest absolute Gasteiger partial charge is 0.246 e. The maximum atomic E-state index is 12.1. The minimum atomic E-state index is -0.302. The summed E-state index contributed by atoms with van der Waals surface area (Å²) >= 11 is 11.9. The Morgan fingerprint density at radius 1 is 1.37 bits per heavy atom. The van der Waals surface area contributed by atoms with E-state index in [1.165, 1.54) is 4.90 Å². The molecular weight excluding hydrogens is 287 g/mol. The fraction of sp³-hybridized carbons (Fsp3) is 0.385. The molecule has 102 valence electrons. The van der Waals surface area contributed by atoms with Gasteiger partial charge in [0.2, 0.25) is 11.8 Å². The minimum absolute atomic E-state index is 0.176. The summed E-state index contributed by atoms with van der Waals surface area (Å²) in [7, 11) is 0. The van der Waals surface area contributed by atoms with Crippen molar-refractivity contribution in [1.82, 2.24) is 10.2 Å². The molecule has 1 aromatic rings. The number of carbonyl (C=O) groups excluding carboxylic acids is 2. The van der Waals surface area contributed by atoms with Crippen molar-refractivity contribution in [2.75, 3.05) is 6.54 Å². The number of nitrogens with one attached hydrogen (secondary N) is 1. The Bertz CT molecular complexity index is 519. The Hall–Kier alpha value is -1.10. The predicted octanol–water partition coefficient (Wildman–Crippen LogP) is 2.23. The lowest BCUT2D eigenvalue weighted by atomic mass is 10.1. The molecule has 0 aromatic heterocycles. The van der Waals surface area contributed by atoms with Gasteiger partial charge >= 0.3 is 0 Å². The summed E-state index contributed by atoms with van der Waals surface area (Å²) in [5, 5.41) is 3.90. The third-order valence-corrected chi connectivity index (χ3v) is 3.70. The third-order valence-electron chi connectivity index (χ3n) is 3.12. The Morgan fingerprint density at radius 3 is 2.74 bits per heavy atom. The highest BCUT2D eigenvalue weighted by Crippen LogP contribution is 2.23. The molecule has 0 saturated carbocycles. The lowest BCUT2D eigenvalue weighted by molar-refractivity contribution is -0.150. The summed E-state index contributed by atoms with van der Waals surface area (Å²) in [6.07, 6.45) is 0.650. The molecule has 0 spiro atoms. The van der Waals surface area contributed by atoms with Gasteiger partial charge in [-0.2, -0.15) is 0 Å². The predicted molar refractivity (Wildman–Crippen MR) is 74.1 cm³/mol. The molecule has 1 N–H and O–H groups in total. The van der Waals surface area contributed by atoms with Gasteiger partial charge in [0, 0.05) is 10.0 Å². The van der Waals surface area contributed by atoms with Crippen LogP contribution in [0.5, 0.6) is 0 Å². The first kappa shape index (κ1) is 14.3. The van der Waals surface area contributed by atoms with Crippen LogP contribution in [0.2, 0.25) is 10.0 Å². The average molecular weight is 301 g/mol.